The average Bonchev–Trinajstić information content (AvgIpc) is 2.28. The third-order valence-electron chi connectivity index (χ3n) is 2.91. The standard InChI is InChI=1S/C13H18BrNO2S/c1-13(2,3)10(8-14)9-18-12-6-4-11(5-7-12)15(16)17/h4-7,10H,8-9H2,1-3H3. The van der Waals surface area contributed by atoms with E-state index in [1.54, 1.807) is 23.9 Å². The van der Waals surface area contributed by atoms with E-state index in [-0.39, 0.29) is 16.0 Å². The molecule has 0 aliphatic carbocycles. The second kappa shape index (κ2) is 6.57. The highest BCUT2D eigenvalue weighted by atomic mass is 79.9. The number of hydrogen-bond donors (Lipinski definition) is 0. The Bertz CT molecular complexity index is 400. The van der Waals surface area contributed by atoms with Crippen LogP contribution in [0.25, 0.3) is 0 Å². The minimum atomic E-state index is -0.370. The number of nitro groups is 1. The molecular formula is C13H18BrNO2S. The lowest BCUT2D eigenvalue weighted by Gasteiger charge is -2.28. The number of rotatable bonds is 5. The van der Waals surface area contributed by atoms with Crippen molar-refractivity contribution in [2.45, 2.75) is 25.7 Å². The first kappa shape index (κ1) is 15.5. The number of thioether (sulfide) groups is 1. The van der Waals surface area contributed by atoms with Gasteiger partial charge in [-0.15, -0.1) is 11.8 Å². The summed E-state index contributed by atoms with van der Waals surface area (Å²) in [7, 11) is 0. The van der Waals surface area contributed by atoms with E-state index in [0.29, 0.717) is 5.92 Å². The van der Waals surface area contributed by atoms with Crippen LogP contribution < -0.4 is 0 Å². The van der Waals surface area contributed by atoms with Crippen LogP contribution in [0.1, 0.15) is 20.8 Å². The van der Waals surface area contributed by atoms with Gasteiger partial charge in [0.1, 0.15) is 0 Å². The molecule has 18 heavy (non-hydrogen) atoms. The highest BCUT2D eigenvalue weighted by Crippen LogP contribution is 2.33. The Balaban J connectivity index is 2.60. The van der Waals surface area contributed by atoms with Gasteiger partial charge in [-0.25, -0.2) is 0 Å². The lowest BCUT2D eigenvalue weighted by Crippen LogP contribution is -2.23. The molecule has 0 saturated carbocycles. The minimum Gasteiger partial charge on any atom is -0.258 e. The van der Waals surface area contributed by atoms with Crippen LogP contribution in [0.4, 0.5) is 5.69 Å². The quantitative estimate of drug-likeness (QED) is 0.338. The lowest BCUT2D eigenvalue weighted by atomic mass is 9.83. The Morgan fingerprint density at radius 3 is 2.28 bits per heavy atom. The number of nitro benzene ring substituents is 1. The molecule has 1 aromatic carbocycles. The van der Waals surface area contributed by atoms with E-state index in [2.05, 4.69) is 36.7 Å². The molecule has 0 aliphatic heterocycles. The smallest absolute Gasteiger partial charge is 0.258 e. The predicted octanol–water partition coefficient (Wildman–Crippen LogP) is 4.74. The molecule has 0 radical (unpaired) electrons. The summed E-state index contributed by atoms with van der Waals surface area (Å²) in [6.07, 6.45) is 0. The molecule has 3 nitrogen and oxygen atoms in total. The molecule has 100 valence electrons. The minimum absolute atomic E-state index is 0.146. The van der Waals surface area contributed by atoms with Gasteiger partial charge in [0.05, 0.1) is 4.92 Å². The molecular weight excluding hydrogens is 314 g/mol. The molecule has 0 bridgehead atoms. The van der Waals surface area contributed by atoms with Gasteiger partial charge in [-0.1, -0.05) is 36.7 Å². The van der Waals surface area contributed by atoms with Crippen LogP contribution >= 0.6 is 27.7 Å². The number of benzene rings is 1. The second-order valence-electron chi connectivity index (χ2n) is 5.28. The molecule has 0 amide bonds. The number of alkyl halides is 1. The van der Waals surface area contributed by atoms with Crippen LogP contribution in [0.15, 0.2) is 29.2 Å². The van der Waals surface area contributed by atoms with Gasteiger partial charge < -0.3 is 0 Å². The first-order chi connectivity index (χ1) is 8.34. The molecule has 0 aliphatic rings. The number of nitrogens with zero attached hydrogens (tertiary/aromatic N) is 1. The molecule has 0 fully saturated rings. The zero-order valence-electron chi connectivity index (χ0n) is 10.9. The number of non-ortho nitro benzene ring substituents is 1. The van der Waals surface area contributed by atoms with E-state index in [0.717, 1.165) is 16.0 Å². The SMILES string of the molecule is CC(C)(C)C(CBr)CSc1ccc([N+](=O)[O-])cc1. The van der Waals surface area contributed by atoms with E-state index in [9.17, 15) is 10.1 Å². The third kappa shape index (κ3) is 4.61. The van der Waals surface area contributed by atoms with Crippen molar-refractivity contribution in [3.8, 4) is 0 Å². The zero-order chi connectivity index (χ0) is 13.8. The Hall–Kier alpha value is -0.550. The van der Waals surface area contributed by atoms with Crippen molar-refractivity contribution in [3.05, 3.63) is 34.4 Å². The van der Waals surface area contributed by atoms with Gasteiger partial charge in [0.2, 0.25) is 0 Å². The largest absolute Gasteiger partial charge is 0.269 e. The summed E-state index contributed by atoms with van der Waals surface area (Å²) in [6, 6.07) is 6.75. The van der Waals surface area contributed by atoms with Crippen LogP contribution in [-0.2, 0) is 0 Å². The molecule has 0 heterocycles. The Labute approximate surface area is 121 Å². The predicted molar refractivity (Wildman–Crippen MR) is 80.6 cm³/mol. The summed E-state index contributed by atoms with van der Waals surface area (Å²) in [5.41, 5.74) is 0.407. The molecule has 5 heteroatoms. The van der Waals surface area contributed by atoms with Crippen LogP contribution in [0, 0.1) is 21.4 Å². The molecule has 1 atom stereocenters. The van der Waals surface area contributed by atoms with Gasteiger partial charge in [-0.3, -0.25) is 10.1 Å². The summed E-state index contributed by atoms with van der Waals surface area (Å²) >= 11 is 5.30. The highest BCUT2D eigenvalue weighted by molar-refractivity contribution is 9.09. The molecule has 0 spiro atoms. The zero-order valence-corrected chi connectivity index (χ0v) is 13.3. The van der Waals surface area contributed by atoms with E-state index in [1.807, 2.05) is 12.1 Å². The van der Waals surface area contributed by atoms with Crippen molar-refractivity contribution in [2.75, 3.05) is 11.1 Å². The molecule has 0 N–H and O–H groups in total. The maximum Gasteiger partial charge on any atom is 0.269 e. The molecule has 1 rings (SSSR count). The van der Waals surface area contributed by atoms with Crippen molar-refractivity contribution in [2.24, 2.45) is 11.3 Å². The van der Waals surface area contributed by atoms with E-state index >= 15 is 0 Å². The average molecular weight is 332 g/mol. The Morgan fingerprint density at radius 2 is 1.89 bits per heavy atom. The van der Waals surface area contributed by atoms with Gasteiger partial charge in [-0.2, -0.15) is 0 Å². The van der Waals surface area contributed by atoms with Crippen molar-refractivity contribution >= 4 is 33.4 Å². The lowest BCUT2D eigenvalue weighted by molar-refractivity contribution is -0.384. The van der Waals surface area contributed by atoms with Crippen molar-refractivity contribution in [3.63, 3.8) is 0 Å². The summed E-state index contributed by atoms with van der Waals surface area (Å²) in [5.74, 6) is 1.57. The number of halogens is 1. The van der Waals surface area contributed by atoms with Gasteiger partial charge in [-0.05, 0) is 23.5 Å². The monoisotopic (exact) mass is 331 g/mol. The van der Waals surface area contributed by atoms with Crippen LogP contribution in [0.5, 0.6) is 0 Å². The van der Waals surface area contributed by atoms with Gasteiger partial charge in [0.15, 0.2) is 0 Å². The summed E-state index contributed by atoms with van der Waals surface area (Å²) < 4.78 is 0. The molecule has 0 aromatic heterocycles. The normalized spacial score (nSPS) is 13.3. The molecule has 1 aromatic rings. The van der Waals surface area contributed by atoms with E-state index in [1.165, 1.54) is 0 Å². The topological polar surface area (TPSA) is 43.1 Å². The van der Waals surface area contributed by atoms with Crippen molar-refractivity contribution in [1.29, 1.82) is 0 Å². The van der Waals surface area contributed by atoms with Crippen LogP contribution in [0.3, 0.4) is 0 Å². The maximum atomic E-state index is 10.5. The van der Waals surface area contributed by atoms with E-state index in [4.69, 9.17) is 0 Å². The Kier molecular flexibility index (Phi) is 5.66. The fourth-order valence-corrected chi connectivity index (χ4v) is 4.23. The van der Waals surface area contributed by atoms with Crippen LogP contribution in [0.2, 0.25) is 0 Å². The third-order valence-corrected chi connectivity index (χ3v) is 4.87. The van der Waals surface area contributed by atoms with Crippen molar-refractivity contribution in [1.82, 2.24) is 0 Å². The summed E-state index contributed by atoms with van der Waals surface area (Å²) in [5, 5.41) is 11.5. The summed E-state index contributed by atoms with van der Waals surface area (Å²) in [6.45, 7) is 6.69. The Morgan fingerprint density at radius 1 is 1.33 bits per heavy atom. The van der Waals surface area contributed by atoms with E-state index < -0.39 is 0 Å². The highest BCUT2D eigenvalue weighted by Gasteiger charge is 2.23. The fourth-order valence-electron chi connectivity index (χ4n) is 1.39. The second-order valence-corrected chi connectivity index (χ2v) is 7.02. The maximum absolute atomic E-state index is 10.5. The van der Waals surface area contributed by atoms with Crippen LogP contribution in [-0.4, -0.2) is 16.0 Å². The molecule has 1 unspecified atom stereocenters. The summed E-state index contributed by atoms with van der Waals surface area (Å²) in [4.78, 5) is 11.3. The first-order valence-corrected chi connectivity index (χ1v) is 7.88. The van der Waals surface area contributed by atoms with Gasteiger partial charge in [0, 0.05) is 28.1 Å². The first-order valence-electron chi connectivity index (χ1n) is 5.78. The van der Waals surface area contributed by atoms with Gasteiger partial charge in [0.25, 0.3) is 5.69 Å². The van der Waals surface area contributed by atoms with Crippen molar-refractivity contribution < 1.29 is 4.92 Å². The number of hydrogen-bond acceptors (Lipinski definition) is 3. The molecule has 0 saturated heterocycles. The van der Waals surface area contributed by atoms with Gasteiger partial charge >= 0.3 is 0 Å². The fraction of sp³-hybridized carbons (Fsp3) is 0.538.